The first-order valence-corrected chi connectivity index (χ1v) is 5.17. The third-order valence-electron chi connectivity index (χ3n) is 1.72. The Bertz CT molecular complexity index is 242. The highest BCUT2D eigenvalue weighted by Crippen LogP contribution is 2.23. The molecule has 0 aromatic heterocycles. The van der Waals surface area contributed by atoms with Gasteiger partial charge in [-0.25, -0.2) is 0 Å². The third-order valence-corrected chi connectivity index (χ3v) is 2.73. The minimum absolute atomic E-state index is 0.681. The van der Waals surface area contributed by atoms with Crippen molar-refractivity contribution in [3.8, 4) is 0 Å². The molecule has 0 fully saturated rings. The SMILES string of the molecule is Nc1cccc(Br)c1CCCCl. The number of nitrogen functional groups attached to an aromatic ring is 1. The van der Waals surface area contributed by atoms with Gasteiger partial charge in [0, 0.05) is 16.0 Å². The van der Waals surface area contributed by atoms with E-state index in [2.05, 4.69) is 15.9 Å². The Morgan fingerprint density at radius 3 is 2.75 bits per heavy atom. The molecule has 0 saturated heterocycles. The van der Waals surface area contributed by atoms with E-state index in [1.54, 1.807) is 0 Å². The highest BCUT2D eigenvalue weighted by molar-refractivity contribution is 9.10. The zero-order valence-corrected chi connectivity index (χ0v) is 9.03. The average Bonchev–Trinajstić information content (AvgIpc) is 2.04. The Hall–Kier alpha value is -0.210. The summed E-state index contributed by atoms with van der Waals surface area (Å²) in [6.07, 6.45) is 1.91. The molecular formula is C9H11BrClN. The van der Waals surface area contributed by atoms with E-state index in [4.69, 9.17) is 17.3 Å². The highest BCUT2D eigenvalue weighted by atomic mass is 79.9. The maximum absolute atomic E-state index is 5.79. The van der Waals surface area contributed by atoms with Crippen molar-refractivity contribution < 1.29 is 0 Å². The zero-order valence-electron chi connectivity index (χ0n) is 6.69. The molecule has 2 N–H and O–H groups in total. The second-order valence-electron chi connectivity index (χ2n) is 2.60. The molecule has 0 aliphatic carbocycles. The van der Waals surface area contributed by atoms with E-state index < -0.39 is 0 Å². The van der Waals surface area contributed by atoms with Crippen LogP contribution in [0, 0.1) is 0 Å². The fraction of sp³-hybridized carbons (Fsp3) is 0.333. The van der Waals surface area contributed by atoms with Gasteiger partial charge in [0.15, 0.2) is 0 Å². The molecule has 12 heavy (non-hydrogen) atoms. The van der Waals surface area contributed by atoms with E-state index in [1.165, 1.54) is 0 Å². The third kappa shape index (κ3) is 2.39. The molecule has 66 valence electrons. The predicted octanol–water partition coefficient (Wildman–Crippen LogP) is 3.20. The summed E-state index contributed by atoms with van der Waals surface area (Å²) in [4.78, 5) is 0. The fourth-order valence-electron chi connectivity index (χ4n) is 1.08. The lowest BCUT2D eigenvalue weighted by Crippen LogP contribution is -1.95. The molecule has 0 aliphatic heterocycles. The molecule has 0 bridgehead atoms. The summed E-state index contributed by atoms with van der Waals surface area (Å²) in [5, 5.41) is 0. The summed E-state index contributed by atoms with van der Waals surface area (Å²) in [6, 6.07) is 5.85. The van der Waals surface area contributed by atoms with Crippen molar-refractivity contribution in [2.45, 2.75) is 12.8 Å². The van der Waals surface area contributed by atoms with Gasteiger partial charge < -0.3 is 5.73 Å². The number of halogens is 2. The number of anilines is 1. The number of hydrogen-bond donors (Lipinski definition) is 1. The molecule has 0 atom stereocenters. The highest BCUT2D eigenvalue weighted by Gasteiger charge is 2.02. The van der Waals surface area contributed by atoms with Gasteiger partial charge in [-0.15, -0.1) is 11.6 Å². The average molecular weight is 249 g/mol. The molecule has 0 saturated carbocycles. The standard InChI is InChI=1S/C9H11BrClN/c10-8-4-1-5-9(12)7(8)3-2-6-11/h1,4-5H,2-3,6,12H2. The maximum Gasteiger partial charge on any atom is 0.0357 e. The van der Waals surface area contributed by atoms with Gasteiger partial charge in [-0.2, -0.15) is 0 Å². The van der Waals surface area contributed by atoms with Crippen LogP contribution in [-0.2, 0) is 6.42 Å². The zero-order chi connectivity index (χ0) is 8.97. The van der Waals surface area contributed by atoms with Crippen LogP contribution in [0.1, 0.15) is 12.0 Å². The lowest BCUT2D eigenvalue weighted by atomic mass is 10.1. The Morgan fingerprint density at radius 2 is 2.17 bits per heavy atom. The van der Waals surface area contributed by atoms with E-state index in [9.17, 15) is 0 Å². The molecule has 3 heteroatoms. The molecule has 1 nitrogen and oxygen atoms in total. The van der Waals surface area contributed by atoms with Crippen LogP contribution < -0.4 is 5.73 Å². The summed E-state index contributed by atoms with van der Waals surface area (Å²) in [5.41, 5.74) is 7.80. The van der Waals surface area contributed by atoms with E-state index in [-0.39, 0.29) is 0 Å². The molecule has 0 spiro atoms. The summed E-state index contributed by atoms with van der Waals surface area (Å²) < 4.78 is 1.08. The summed E-state index contributed by atoms with van der Waals surface area (Å²) >= 11 is 9.05. The van der Waals surface area contributed by atoms with Gasteiger partial charge in [0.1, 0.15) is 0 Å². The molecule has 0 radical (unpaired) electrons. The van der Waals surface area contributed by atoms with Crippen LogP contribution in [0.5, 0.6) is 0 Å². The first-order chi connectivity index (χ1) is 5.75. The van der Waals surface area contributed by atoms with Gasteiger partial charge in [0.2, 0.25) is 0 Å². The van der Waals surface area contributed by atoms with Crippen molar-refractivity contribution >= 4 is 33.2 Å². The van der Waals surface area contributed by atoms with Gasteiger partial charge in [0.05, 0.1) is 0 Å². The quantitative estimate of drug-likeness (QED) is 0.645. The Morgan fingerprint density at radius 1 is 1.42 bits per heavy atom. The van der Waals surface area contributed by atoms with E-state index in [0.29, 0.717) is 5.88 Å². The number of benzene rings is 1. The minimum Gasteiger partial charge on any atom is -0.398 e. The molecule has 1 rings (SSSR count). The van der Waals surface area contributed by atoms with E-state index in [0.717, 1.165) is 28.6 Å². The lowest BCUT2D eigenvalue weighted by molar-refractivity contribution is 0.926. The van der Waals surface area contributed by atoms with Crippen LogP contribution in [-0.4, -0.2) is 5.88 Å². The molecule has 1 aromatic rings. The van der Waals surface area contributed by atoms with Crippen molar-refractivity contribution in [3.63, 3.8) is 0 Å². The maximum atomic E-state index is 5.79. The Balaban J connectivity index is 2.81. The lowest BCUT2D eigenvalue weighted by Gasteiger charge is -2.06. The molecular weight excluding hydrogens is 237 g/mol. The summed E-state index contributed by atoms with van der Waals surface area (Å²) in [6.45, 7) is 0. The van der Waals surface area contributed by atoms with Crippen molar-refractivity contribution in [2.75, 3.05) is 11.6 Å². The number of alkyl halides is 1. The van der Waals surface area contributed by atoms with Crippen LogP contribution in [0.25, 0.3) is 0 Å². The largest absolute Gasteiger partial charge is 0.398 e. The molecule has 0 heterocycles. The van der Waals surface area contributed by atoms with Gasteiger partial charge in [-0.05, 0) is 30.5 Å². The number of hydrogen-bond acceptors (Lipinski definition) is 1. The molecule has 0 amide bonds. The number of nitrogens with two attached hydrogens (primary N) is 1. The van der Waals surface area contributed by atoms with Crippen LogP contribution in [0.4, 0.5) is 5.69 Å². The second-order valence-corrected chi connectivity index (χ2v) is 3.83. The second kappa shape index (κ2) is 4.73. The van der Waals surface area contributed by atoms with Crippen molar-refractivity contribution in [3.05, 3.63) is 28.2 Å². The topological polar surface area (TPSA) is 26.0 Å². The van der Waals surface area contributed by atoms with Gasteiger partial charge >= 0.3 is 0 Å². The van der Waals surface area contributed by atoms with Crippen molar-refractivity contribution in [2.24, 2.45) is 0 Å². The van der Waals surface area contributed by atoms with Crippen molar-refractivity contribution in [1.29, 1.82) is 0 Å². The molecule has 0 unspecified atom stereocenters. The monoisotopic (exact) mass is 247 g/mol. The fourth-order valence-corrected chi connectivity index (χ4v) is 1.80. The van der Waals surface area contributed by atoms with E-state index in [1.807, 2.05) is 18.2 Å². The van der Waals surface area contributed by atoms with Gasteiger partial charge in [-0.1, -0.05) is 22.0 Å². The van der Waals surface area contributed by atoms with Crippen molar-refractivity contribution in [1.82, 2.24) is 0 Å². The van der Waals surface area contributed by atoms with Crippen LogP contribution in [0.2, 0.25) is 0 Å². The van der Waals surface area contributed by atoms with E-state index >= 15 is 0 Å². The first kappa shape index (κ1) is 9.87. The van der Waals surface area contributed by atoms with Gasteiger partial charge in [0.25, 0.3) is 0 Å². The number of rotatable bonds is 3. The first-order valence-electron chi connectivity index (χ1n) is 3.84. The minimum atomic E-state index is 0.681. The molecule has 0 aliphatic rings. The Kier molecular flexibility index (Phi) is 3.89. The predicted molar refractivity (Wildman–Crippen MR) is 57.6 cm³/mol. The smallest absolute Gasteiger partial charge is 0.0357 e. The summed E-state index contributed by atoms with van der Waals surface area (Å²) in [7, 11) is 0. The van der Waals surface area contributed by atoms with Crippen LogP contribution in [0.3, 0.4) is 0 Å². The van der Waals surface area contributed by atoms with Gasteiger partial charge in [-0.3, -0.25) is 0 Å². The molecule has 1 aromatic carbocycles. The normalized spacial score (nSPS) is 10.2. The van der Waals surface area contributed by atoms with Crippen LogP contribution in [0.15, 0.2) is 22.7 Å². The van der Waals surface area contributed by atoms with Crippen LogP contribution >= 0.6 is 27.5 Å². The Labute approximate surface area is 86.0 Å². The summed E-state index contributed by atoms with van der Waals surface area (Å²) in [5.74, 6) is 0.681.